The molecule has 0 N–H and O–H groups in total. The summed E-state index contributed by atoms with van der Waals surface area (Å²) in [7, 11) is -6.00. The van der Waals surface area contributed by atoms with E-state index in [0.29, 0.717) is 11.8 Å². The molecule has 0 aromatic carbocycles. The number of halogens is 4. The van der Waals surface area contributed by atoms with E-state index >= 15 is 0 Å². The summed E-state index contributed by atoms with van der Waals surface area (Å²) in [6.45, 7) is 8.77. The summed E-state index contributed by atoms with van der Waals surface area (Å²) in [5.41, 5.74) is 2.73. The number of allylic oxidation sites excluding steroid dienone is 8. The van der Waals surface area contributed by atoms with Crippen LogP contribution in [0.4, 0.5) is 17.3 Å². The number of rotatable bonds is 2. The topological polar surface area (TPSA) is 0 Å². The monoisotopic (exact) mass is 357 g/mol. The van der Waals surface area contributed by atoms with Crippen molar-refractivity contribution in [1.82, 2.24) is 0 Å². The fraction of sp³-hybridized carbons (Fsp3) is 0.500. The maximum atomic E-state index is 9.75. The molecule has 0 aromatic heterocycles. The zero-order valence-electron chi connectivity index (χ0n) is 13.3. The molecule has 2 aliphatic rings. The Balaban J connectivity index is 0. The molecule has 0 fully saturated rings. The molecule has 0 radical (unpaired) electrons. The maximum Gasteiger partial charge on any atom is 2.00 e. The van der Waals surface area contributed by atoms with Crippen molar-refractivity contribution >= 4 is 7.25 Å². The Hall–Kier alpha value is -0.736. The van der Waals surface area contributed by atoms with E-state index in [9.17, 15) is 17.3 Å². The van der Waals surface area contributed by atoms with Crippen LogP contribution in [0.5, 0.6) is 0 Å². The minimum Gasteiger partial charge on any atom is -0.418 e. The fourth-order valence-corrected chi connectivity index (χ4v) is 1.64. The van der Waals surface area contributed by atoms with E-state index in [-0.39, 0.29) is 17.1 Å². The van der Waals surface area contributed by atoms with Crippen LogP contribution < -0.4 is 0 Å². The summed E-state index contributed by atoms with van der Waals surface area (Å²) in [6.07, 6.45) is 17.2. The van der Waals surface area contributed by atoms with E-state index in [1.807, 2.05) is 0 Å². The summed E-state index contributed by atoms with van der Waals surface area (Å²) in [5.74, 6) is 1.32. The molecular formula is C16H22BF4Fe-. The van der Waals surface area contributed by atoms with Gasteiger partial charge in [-0.1, -0.05) is 39.5 Å². The SMILES string of the molecule is CC(C)C1=[C-]CC=C1.CC(C)C1=[C-]CC=C1.F[B-](F)(F)F.[Fe+2]. The average Bonchev–Trinajstić information content (AvgIpc) is 3.02. The molecule has 6 heteroatoms. The van der Waals surface area contributed by atoms with Crippen LogP contribution in [-0.2, 0) is 17.1 Å². The fourth-order valence-electron chi connectivity index (χ4n) is 1.64. The predicted molar refractivity (Wildman–Crippen MR) is 80.9 cm³/mol. The van der Waals surface area contributed by atoms with Crippen molar-refractivity contribution in [3.8, 4) is 0 Å². The van der Waals surface area contributed by atoms with Crippen LogP contribution in [0.1, 0.15) is 40.5 Å². The molecule has 2 aliphatic carbocycles. The second kappa shape index (κ2) is 11.8. The second-order valence-electron chi connectivity index (χ2n) is 5.28. The van der Waals surface area contributed by atoms with Crippen molar-refractivity contribution in [2.75, 3.05) is 0 Å². The summed E-state index contributed by atoms with van der Waals surface area (Å²) in [6, 6.07) is 0. The van der Waals surface area contributed by atoms with Crippen LogP contribution in [0, 0.1) is 24.0 Å². The normalized spacial score (nSPS) is 15.5. The van der Waals surface area contributed by atoms with Crippen LogP contribution in [0.2, 0.25) is 0 Å². The van der Waals surface area contributed by atoms with E-state index in [2.05, 4.69) is 64.2 Å². The van der Waals surface area contributed by atoms with Crippen molar-refractivity contribution < 1.29 is 34.3 Å². The molecule has 0 bridgehead atoms. The third-order valence-electron chi connectivity index (χ3n) is 2.69. The maximum absolute atomic E-state index is 9.75. The van der Waals surface area contributed by atoms with Crippen molar-refractivity contribution in [3.05, 3.63) is 47.6 Å². The predicted octanol–water partition coefficient (Wildman–Crippen LogP) is 5.96. The molecule has 0 atom stereocenters. The van der Waals surface area contributed by atoms with Gasteiger partial charge in [0.1, 0.15) is 0 Å². The van der Waals surface area contributed by atoms with Gasteiger partial charge < -0.3 is 17.3 Å². The molecule has 0 unspecified atom stereocenters. The standard InChI is InChI=1S/2C8H11.BF4.Fe/c2*1-7(2)8-5-3-4-6-8;2-1(3,4)5;/h2*3,5,7H,4H2,1-2H3;;/q3*-1;+2. The van der Waals surface area contributed by atoms with Crippen LogP contribution in [0.15, 0.2) is 35.5 Å². The molecule has 2 rings (SSSR count). The Kier molecular flexibility index (Phi) is 12.6. The van der Waals surface area contributed by atoms with E-state index in [4.69, 9.17) is 0 Å². The molecule has 0 nitrogen and oxygen atoms in total. The Morgan fingerprint density at radius 1 is 0.818 bits per heavy atom. The average molecular weight is 357 g/mol. The molecule has 0 aliphatic heterocycles. The zero-order chi connectivity index (χ0) is 16.5. The van der Waals surface area contributed by atoms with Crippen LogP contribution >= 0.6 is 0 Å². The van der Waals surface area contributed by atoms with Gasteiger partial charge in [0, 0.05) is 0 Å². The smallest absolute Gasteiger partial charge is 0.418 e. The first-order valence-electron chi connectivity index (χ1n) is 7.03. The van der Waals surface area contributed by atoms with Gasteiger partial charge in [0.05, 0.1) is 0 Å². The first-order chi connectivity index (χ1) is 9.61. The molecule has 0 saturated heterocycles. The summed E-state index contributed by atoms with van der Waals surface area (Å²) < 4.78 is 39.0. The van der Waals surface area contributed by atoms with Crippen molar-refractivity contribution in [1.29, 1.82) is 0 Å². The largest absolute Gasteiger partial charge is 2.00 e. The van der Waals surface area contributed by atoms with Crippen LogP contribution in [0.3, 0.4) is 0 Å². The van der Waals surface area contributed by atoms with Gasteiger partial charge in [-0.2, -0.15) is 12.2 Å². The molecule has 0 aromatic rings. The zero-order valence-corrected chi connectivity index (χ0v) is 14.4. The Labute approximate surface area is 142 Å². The molecule has 0 amide bonds. The minimum atomic E-state index is -6.00. The molecule has 126 valence electrons. The first-order valence-corrected chi connectivity index (χ1v) is 7.03. The van der Waals surface area contributed by atoms with Gasteiger partial charge in [-0.15, -0.1) is 12.8 Å². The summed E-state index contributed by atoms with van der Waals surface area (Å²) in [5, 5.41) is 0. The molecule has 0 spiro atoms. The molecule has 0 saturated carbocycles. The Bertz CT molecular complexity index is 378. The summed E-state index contributed by atoms with van der Waals surface area (Å²) in [4.78, 5) is 0. The van der Waals surface area contributed by atoms with Crippen molar-refractivity contribution in [3.63, 3.8) is 0 Å². The van der Waals surface area contributed by atoms with Crippen molar-refractivity contribution in [2.24, 2.45) is 11.8 Å². The third kappa shape index (κ3) is 14.2. The van der Waals surface area contributed by atoms with Gasteiger partial charge in [-0.3, -0.25) is 12.2 Å². The van der Waals surface area contributed by atoms with E-state index in [1.165, 1.54) is 11.1 Å². The molecule has 0 heterocycles. The minimum absolute atomic E-state index is 0. The van der Waals surface area contributed by atoms with Gasteiger partial charge in [0.25, 0.3) is 0 Å². The quantitative estimate of drug-likeness (QED) is 0.325. The van der Waals surface area contributed by atoms with E-state index < -0.39 is 7.25 Å². The van der Waals surface area contributed by atoms with Crippen LogP contribution in [-0.4, -0.2) is 7.25 Å². The van der Waals surface area contributed by atoms with Crippen LogP contribution in [0.25, 0.3) is 0 Å². The van der Waals surface area contributed by atoms with E-state index in [0.717, 1.165) is 12.8 Å². The van der Waals surface area contributed by atoms with Gasteiger partial charge >= 0.3 is 24.3 Å². The van der Waals surface area contributed by atoms with E-state index in [1.54, 1.807) is 0 Å². The number of hydrogen-bond donors (Lipinski definition) is 0. The molecule has 22 heavy (non-hydrogen) atoms. The van der Waals surface area contributed by atoms with Gasteiger partial charge in [0.15, 0.2) is 0 Å². The number of hydrogen-bond acceptors (Lipinski definition) is 0. The second-order valence-corrected chi connectivity index (χ2v) is 5.28. The van der Waals surface area contributed by atoms with Gasteiger partial charge in [-0.25, -0.2) is 23.3 Å². The Morgan fingerprint density at radius 3 is 1.18 bits per heavy atom. The Morgan fingerprint density at radius 2 is 1.09 bits per heavy atom. The van der Waals surface area contributed by atoms with Crippen molar-refractivity contribution in [2.45, 2.75) is 40.5 Å². The molecular weight excluding hydrogens is 335 g/mol. The van der Waals surface area contributed by atoms with Gasteiger partial charge in [0.2, 0.25) is 0 Å². The van der Waals surface area contributed by atoms with Gasteiger partial charge in [-0.05, 0) is 0 Å². The first kappa shape index (κ1) is 23.5. The summed E-state index contributed by atoms with van der Waals surface area (Å²) >= 11 is 0. The third-order valence-corrected chi connectivity index (χ3v) is 2.69.